The molecule has 3 aromatic rings. The highest BCUT2D eigenvalue weighted by atomic mass is 19.1. The molecule has 0 saturated carbocycles. The predicted molar refractivity (Wildman–Crippen MR) is 127 cm³/mol. The van der Waals surface area contributed by atoms with Crippen LogP contribution in [0.1, 0.15) is 24.5 Å². The van der Waals surface area contributed by atoms with Crippen LogP contribution in [0.3, 0.4) is 0 Å². The van der Waals surface area contributed by atoms with Crippen molar-refractivity contribution >= 4 is 11.6 Å². The van der Waals surface area contributed by atoms with Gasteiger partial charge in [0.05, 0.1) is 31.1 Å². The van der Waals surface area contributed by atoms with E-state index in [0.29, 0.717) is 25.6 Å². The monoisotopic (exact) mass is 465 g/mol. The van der Waals surface area contributed by atoms with Gasteiger partial charge >= 0.3 is 0 Å². The fraction of sp³-hybridized carbons (Fsp3) is 0.400. The van der Waals surface area contributed by atoms with Gasteiger partial charge in [-0.1, -0.05) is 12.1 Å². The maximum absolute atomic E-state index is 14.3. The molecule has 0 amide bonds. The molecule has 0 aliphatic carbocycles. The number of piperidine rings is 1. The number of halogens is 1. The number of aliphatic hydroxyl groups is 1. The maximum Gasteiger partial charge on any atom is 0.255 e. The van der Waals surface area contributed by atoms with Gasteiger partial charge in [0.1, 0.15) is 6.10 Å². The number of ether oxygens (including phenoxy) is 1. The molecule has 4 heterocycles. The fourth-order valence-corrected chi connectivity index (χ4v) is 4.59. The van der Waals surface area contributed by atoms with Crippen LogP contribution in [0.15, 0.2) is 53.6 Å². The first-order valence-corrected chi connectivity index (χ1v) is 11.6. The number of nitrogens with zero attached hydrogens (tertiary/aromatic N) is 5. The lowest BCUT2D eigenvalue weighted by Crippen LogP contribution is -2.41. The molecule has 2 aliphatic rings. The predicted octanol–water partition coefficient (Wildman–Crippen LogP) is 2.52. The van der Waals surface area contributed by atoms with Gasteiger partial charge in [0, 0.05) is 50.2 Å². The zero-order chi connectivity index (χ0) is 23.7. The average Bonchev–Trinajstić information content (AvgIpc) is 2.87. The highest BCUT2D eigenvalue weighted by Gasteiger charge is 2.26. The number of aromatic nitrogens is 3. The van der Waals surface area contributed by atoms with Crippen LogP contribution in [0, 0.1) is 5.82 Å². The van der Waals surface area contributed by atoms with Gasteiger partial charge in [-0.2, -0.15) is 0 Å². The Morgan fingerprint density at radius 2 is 1.85 bits per heavy atom. The lowest BCUT2D eigenvalue weighted by Gasteiger charge is -2.35. The normalized spacial score (nSPS) is 19.4. The highest BCUT2D eigenvalue weighted by molar-refractivity contribution is 5.60. The molecule has 0 radical (unpaired) electrons. The molecule has 9 heteroatoms. The standard InChI is InChI=1S/C25H28FN5O3/c1-29-24(33)14-22(20-6-9-27-15-21(20)26)28-25(29)31-12-13-34-23(16-31)17-2-4-18(5-3-17)30-10-7-19(32)8-11-30/h2-6,9,14-15,19,23,32H,7-8,10-13,16H2,1H3/t23-/m1/s1. The van der Waals surface area contributed by atoms with Gasteiger partial charge in [0.25, 0.3) is 5.56 Å². The first kappa shape index (κ1) is 22.5. The number of hydrogen-bond acceptors (Lipinski definition) is 7. The summed E-state index contributed by atoms with van der Waals surface area (Å²) < 4.78 is 21.8. The molecule has 0 bridgehead atoms. The summed E-state index contributed by atoms with van der Waals surface area (Å²) in [6, 6.07) is 11.2. The first-order valence-electron chi connectivity index (χ1n) is 11.6. The number of aliphatic hydroxyl groups excluding tert-OH is 1. The van der Waals surface area contributed by atoms with Crippen molar-refractivity contribution in [3.63, 3.8) is 0 Å². The quantitative estimate of drug-likeness (QED) is 0.634. The number of rotatable bonds is 4. The van der Waals surface area contributed by atoms with Gasteiger partial charge in [0.15, 0.2) is 5.82 Å². The summed E-state index contributed by atoms with van der Waals surface area (Å²) in [6.45, 7) is 3.29. The lowest BCUT2D eigenvalue weighted by molar-refractivity contribution is 0.0390. The van der Waals surface area contributed by atoms with Crippen molar-refractivity contribution in [3.8, 4) is 11.3 Å². The Morgan fingerprint density at radius 3 is 2.59 bits per heavy atom. The maximum atomic E-state index is 14.3. The van der Waals surface area contributed by atoms with Gasteiger partial charge in [-0.3, -0.25) is 14.3 Å². The van der Waals surface area contributed by atoms with Crippen molar-refractivity contribution < 1.29 is 14.2 Å². The third-order valence-electron chi connectivity index (χ3n) is 6.60. The Bertz CT molecular complexity index is 1210. The Morgan fingerprint density at radius 1 is 1.09 bits per heavy atom. The van der Waals surface area contributed by atoms with Crippen LogP contribution in [0.5, 0.6) is 0 Å². The van der Waals surface area contributed by atoms with Gasteiger partial charge in [-0.05, 0) is 36.6 Å². The SMILES string of the molecule is Cn1c(N2CCO[C@@H](c3ccc(N4CCC(O)CC4)cc3)C2)nc(-c2ccncc2F)cc1=O. The summed E-state index contributed by atoms with van der Waals surface area (Å²) in [7, 11) is 1.67. The van der Waals surface area contributed by atoms with Crippen molar-refractivity contribution in [2.75, 3.05) is 42.6 Å². The molecule has 8 nitrogen and oxygen atoms in total. The van der Waals surface area contributed by atoms with Crippen molar-refractivity contribution in [3.05, 3.63) is 70.5 Å². The van der Waals surface area contributed by atoms with Crippen LogP contribution in [0.4, 0.5) is 16.0 Å². The second-order valence-corrected chi connectivity index (χ2v) is 8.81. The van der Waals surface area contributed by atoms with Crippen LogP contribution in [0.2, 0.25) is 0 Å². The van der Waals surface area contributed by atoms with E-state index < -0.39 is 5.82 Å². The molecule has 2 saturated heterocycles. The van der Waals surface area contributed by atoms with E-state index in [-0.39, 0.29) is 29.0 Å². The molecule has 5 rings (SSSR count). The van der Waals surface area contributed by atoms with E-state index >= 15 is 0 Å². The topological polar surface area (TPSA) is 83.7 Å². The van der Waals surface area contributed by atoms with Crippen molar-refractivity contribution in [1.82, 2.24) is 14.5 Å². The van der Waals surface area contributed by atoms with Gasteiger partial charge < -0.3 is 19.6 Å². The fourth-order valence-electron chi connectivity index (χ4n) is 4.59. The van der Waals surface area contributed by atoms with Crippen molar-refractivity contribution in [2.24, 2.45) is 7.05 Å². The third kappa shape index (κ3) is 4.53. The van der Waals surface area contributed by atoms with Gasteiger partial charge in [-0.15, -0.1) is 0 Å². The summed E-state index contributed by atoms with van der Waals surface area (Å²) in [4.78, 5) is 25.4. The molecule has 2 aliphatic heterocycles. The van der Waals surface area contributed by atoms with E-state index in [2.05, 4.69) is 39.1 Å². The smallest absolute Gasteiger partial charge is 0.255 e. The molecule has 1 atom stereocenters. The van der Waals surface area contributed by atoms with E-state index in [1.54, 1.807) is 7.05 Å². The second-order valence-electron chi connectivity index (χ2n) is 8.81. The van der Waals surface area contributed by atoms with Crippen LogP contribution in [0.25, 0.3) is 11.3 Å². The first-order chi connectivity index (χ1) is 16.5. The van der Waals surface area contributed by atoms with E-state index in [1.807, 2.05) is 4.90 Å². The minimum atomic E-state index is -0.516. The molecular weight excluding hydrogens is 437 g/mol. The van der Waals surface area contributed by atoms with E-state index in [4.69, 9.17) is 4.74 Å². The van der Waals surface area contributed by atoms with Gasteiger partial charge in [0.2, 0.25) is 5.95 Å². The molecule has 2 fully saturated rings. The van der Waals surface area contributed by atoms with Crippen molar-refractivity contribution in [2.45, 2.75) is 25.0 Å². The Hall–Kier alpha value is -3.30. The summed E-state index contributed by atoms with van der Waals surface area (Å²) in [6.07, 6.45) is 3.80. The number of hydrogen-bond donors (Lipinski definition) is 1. The number of morpholine rings is 1. The summed E-state index contributed by atoms with van der Waals surface area (Å²) in [5.74, 6) is -0.0344. The molecule has 1 aromatic carbocycles. The third-order valence-corrected chi connectivity index (χ3v) is 6.60. The molecule has 2 aromatic heterocycles. The molecule has 178 valence electrons. The van der Waals surface area contributed by atoms with Crippen LogP contribution in [-0.4, -0.2) is 58.5 Å². The largest absolute Gasteiger partial charge is 0.393 e. The summed E-state index contributed by atoms with van der Waals surface area (Å²) >= 11 is 0. The molecule has 34 heavy (non-hydrogen) atoms. The number of benzene rings is 1. The zero-order valence-electron chi connectivity index (χ0n) is 19.1. The molecule has 0 unspecified atom stereocenters. The Balaban J connectivity index is 1.36. The Labute approximate surface area is 197 Å². The van der Waals surface area contributed by atoms with Crippen molar-refractivity contribution in [1.29, 1.82) is 0 Å². The summed E-state index contributed by atoms with van der Waals surface area (Å²) in [5, 5.41) is 9.74. The average molecular weight is 466 g/mol. The zero-order valence-corrected chi connectivity index (χ0v) is 19.1. The highest BCUT2D eigenvalue weighted by Crippen LogP contribution is 2.29. The van der Waals surface area contributed by atoms with Crippen LogP contribution in [-0.2, 0) is 11.8 Å². The minimum Gasteiger partial charge on any atom is -0.393 e. The van der Waals surface area contributed by atoms with E-state index in [1.165, 1.54) is 22.9 Å². The molecular formula is C25H28FN5O3. The molecule has 0 spiro atoms. The molecule has 1 N–H and O–H groups in total. The second kappa shape index (κ2) is 9.52. The van der Waals surface area contributed by atoms with Crippen LogP contribution < -0.4 is 15.4 Å². The van der Waals surface area contributed by atoms with Gasteiger partial charge in [-0.25, -0.2) is 9.37 Å². The van der Waals surface area contributed by atoms with Crippen LogP contribution >= 0.6 is 0 Å². The minimum absolute atomic E-state index is 0.177. The van der Waals surface area contributed by atoms with E-state index in [9.17, 15) is 14.3 Å². The Kier molecular flexibility index (Phi) is 6.30. The lowest BCUT2D eigenvalue weighted by atomic mass is 10.0. The number of anilines is 2. The number of pyridine rings is 1. The summed E-state index contributed by atoms with van der Waals surface area (Å²) in [5.41, 5.74) is 2.47. The van der Waals surface area contributed by atoms with E-state index in [0.717, 1.165) is 43.4 Å².